The van der Waals surface area contributed by atoms with Crippen molar-refractivity contribution in [1.29, 1.82) is 5.41 Å². The minimum Gasteiger partial charge on any atom is -0.401 e. The Labute approximate surface area is 145 Å². The minimum atomic E-state index is -0.729. The van der Waals surface area contributed by atoms with Gasteiger partial charge in [-0.05, 0) is 24.3 Å². The van der Waals surface area contributed by atoms with Gasteiger partial charge in [-0.25, -0.2) is 0 Å². The highest BCUT2D eigenvalue weighted by Crippen LogP contribution is 2.19. The van der Waals surface area contributed by atoms with E-state index in [2.05, 4.69) is 10.2 Å². The van der Waals surface area contributed by atoms with Gasteiger partial charge < -0.3 is 14.6 Å². The quantitative estimate of drug-likeness (QED) is 0.249. The number of nitro groups is 2. The summed E-state index contributed by atoms with van der Waals surface area (Å²) >= 11 is 0. The molecule has 0 saturated carbocycles. The van der Waals surface area contributed by atoms with Crippen LogP contribution in [0.4, 0.5) is 11.8 Å². The molecule has 2 rings (SSSR count). The first-order valence-corrected chi connectivity index (χ1v) is 6.95. The van der Waals surface area contributed by atoms with Gasteiger partial charge in [0, 0.05) is 0 Å². The summed E-state index contributed by atoms with van der Waals surface area (Å²) in [6.45, 7) is 0. The van der Waals surface area contributed by atoms with E-state index >= 15 is 0 Å². The van der Waals surface area contributed by atoms with Gasteiger partial charge in [0.25, 0.3) is 0 Å². The van der Waals surface area contributed by atoms with Crippen molar-refractivity contribution in [3.63, 3.8) is 0 Å². The van der Waals surface area contributed by atoms with Crippen LogP contribution < -0.4 is 5.73 Å². The van der Waals surface area contributed by atoms with E-state index in [1.807, 2.05) is 0 Å². The average molecular weight is 360 g/mol. The summed E-state index contributed by atoms with van der Waals surface area (Å²) in [5, 5.41) is 35.4. The number of guanidine groups is 1. The van der Waals surface area contributed by atoms with Crippen LogP contribution in [0.5, 0.6) is 0 Å². The van der Waals surface area contributed by atoms with Crippen LogP contribution in [-0.2, 0) is 0 Å². The number of hydrogen-bond acceptors (Lipinski definition) is 8. The van der Waals surface area contributed by atoms with E-state index in [4.69, 9.17) is 20.0 Å². The Hall–Kier alpha value is -4.09. The van der Waals surface area contributed by atoms with E-state index in [0.29, 0.717) is 0 Å². The number of nitrogens with two attached hydrogens (primary N) is 1. The first kappa shape index (κ1) is 18.3. The van der Waals surface area contributed by atoms with E-state index < -0.39 is 33.6 Å². The number of nitrogens with one attached hydrogen (secondary N) is 1. The summed E-state index contributed by atoms with van der Waals surface area (Å²) in [6, 6.07) is 4.46. The van der Waals surface area contributed by atoms with E-state index in [1.165, 1.54) is 48.6 Å². The van der Waals surface area contributed by atoms with E-state index in [1.54, 1.807) is 0 Å². The summed E-state index contributed by atoms with van der Waals surface area (Å²) in [4.78, 5) is 19.8. The molecule has 0 unspecified atom stereocenters. The standard InChI is InChI=1S/C14H12N6O6/c15-14(16)18-17-9(1-3-10-5-7-12(25-10)19(21)22)2-4-11-6-8-13(26-11)20(23)24/h1-9H,(H3,15,16). The van der Waals surface area contributed by atoms with Gasteiger partial charge in [-0.15, -0.1) is 5.11 Å². The zero-order valence-electron chi connectivity index (χ0n) is 13.0. The summed E-state index contributed by atoms with van der Waals surface area (Å²) in [5.74, 6) is -0.919. The number of hydrogen-bond donors (Lipinski definition) is 2. The van der Waals surface area contributed by atoms with Gasteiger partial charge in [0.2, 0.25) is 5.96 Å². The Morgan fingerprint density at radius 1 is 1.04 bits per heavy atom. The largest absolute Gasteiger partial charge is 0.433 e. The van der Waals surface area contributed by atoms with Gasteiger partial charge in [0.1, 0.15) is 27.4 Å². The molecule has 2 aromatic rings. The first-order valence-electron chi connectivity index (χ1n) is 6.95. The Balaban J connectivity index is 2.17. The predicted octanol–water partition coefficient (Wildman–Crippen LogP) is 3.13. The lowest BCUT2D eigenvalue weighted by molar-refractivity contribution is -0.402. The molecular weight excluding hydrogens is 348 g/mol. The second-order valence-corrected chi connectivity index (χ2v) is 4.68. The topological polar surface area (TPSA) is 187 Å². The molecule has 134 valence electrons. The number of furan rings is 2. The van der Waals surface area contributed by atoms with Crippen molar-refractivity contribution in [2.24, 2.45) is 16.0 Å². The molecule has 12 heteroatoms. The first-order chi connectivity index (χ1) is 12.3. The van der Waals surface area contributed by atoms with Gasteiger partial charge in [-0.2, -0.15) is 5.11 Å². The molecular formula is C14H12N6O6. The normalized spacial score (nSPS) is 12.9. The van der Waals surface area contributed by atoms with Gasteiger partial charge in [0.15, 0.2) is 0 Å². The SMILES string of the molecule is N=C(N)N=NC(C=Cc1ccc([N+](=O)[O-])o1)C=Cc1ccc([N+](=O)[O-])o1. The molecule has 0 saturated heterocycles. The van der Waals surface area contributed by atoms with Gasteiger partial charge in [0.05, 0.1) is 12.1 Å². The van der Waals surface area contributed by atoms with Crippen molar-refractivity contribution in [3.8, 4) is 0 Å². The van der Waals surface area contributed by atoms with Crippen LogP contribution in [0.1, 0.15) is 11.5 Å². The smallest absolute Gasteiger partial charge is 0.401 e. The van der Waals surface area contributed by atoms with Crippen molar-refractivity contribution in [3.05, 3.63) is 68.2 Å². The fraction of sp³-hybridized carbons (Fsp3) is 0.0714. The van der Waals surface area contributed by atoms with Crippen molar-refractivity contribution < 1.29 is 18.7 Å². The van der Waals surface area contributed by atoms with Crippen LogP contribution in [-0.4, -0.2) is 21.8 Å². The zero-order valence-corrected chi connectivity index (χ0v) is 13.0. The van der Waals surface area contributed by atoms with E-state index in [9.17, 15) is 20.2 Å². The van der Waals surface area contributed by atoms with Gasteiger partial charge >= 0.3 is 11.8 Å². The lowest BCUT2D eigenvalue weighted by Crippen LogP contribution is -2.05. The molecule has 3 N–H and O–H groups in total. The molecule has 0 radical (unpaired) electrons. The Kier molecular flexibility index (Phi) is 5.71. The fourth-order valence-corrected chi connectivity index (χ4v) is 1.72. The summed E-state index contributed by atoms with van der Waals surface area (Å²) < 4.78 is 9.94. The molecule has 0 aromatic carbocycles. The summed E-state index contributed by atoms with van der Waals surface area (Å²) in [5.41, 5.74) is 5.12. The van der Waals surface area contributed by atoms with Crippen molar-refractivity contribution >= 4 is 29.9 Å². The fourth-order valence-electron chi connectivity index (χ4n) is 1.72. The highest BCUT2D eigenvalue weighted by molar-refractivity contribution is 5.74. The summed E-state index contributed by atoms with van der Waals surface area (Å²) in [7, 11) is 0. The maximum atomic E-state index is 10.6. The monoisotopic (exact) mass is 360 g/mol. The molecule has 12 nitrogen and oxygen atoms in total. The van der Waals surface area contributed by atoms with Crippen molar-refractivity contribution in [1.82, 2.24) is 0 Å². The van der Waals surface area contributed by atoms with Gasteiger partial charge in [-0.1, -0.05) is 12.2 Å². The molecule has 2 heterocycles. The maximum absolute atomic E-state index is 10.6. The number of azo groups is 1. The second kappa shape index (κ2) is 8.14. The average Bonchev–Trinajstić information content (AvgIpc) is 3.23. The second-order valence-electron chi connectivity index (χ2n) is 4.68. The van der Waals surface area contributed by atoms with Crippen LogP contribution >= 0.6 is 0 Å². The third kappa shape index (κ3) is 5.23. The van der Waals surface area contributed by atoms with E-state index in [0.717, 1.165) is 0 Å². The minimum absolute atomic E-state index is 0.210. The molecule has 0 atom stereocenters. The highest BCUT2D eigenvalue weighted by atomic mass is 16.7. The Morgan fingerprint density at radius 3 is 1.85 bits per heavy atom. The third-order valence-corrected chi connectivity index (χ3v) is 2.80. The predicted molar refractivity (Wildman–Crippen MR) is 89.4 cm³/mol. The molecule has 0 aliphatic carbocycles. The van der Waals surface area contributed by atoms with Gasteiger partial charge in [-0.3, -0.25) is 25.6 Å². The molecule has 0 fully saturated rings. The lowest BCUT2D eigenvalue weighted by Gasteiger charge is -1.98. The molecule has 0 spiro atoms. The highest BCUT2D eigenvalue weighted by Gasteiger charge is 2.11. The van der Waals surface area contributed by atoms with E-state index in [-0.39, 0.29) is 11.5 Å². The molecule has 0 aliphatic rings. The molecule has 2 aromatic heterocycles. The molecule has 0 aliphatic heterocycles. The van der Waals surface area contributed by atoms with Crippen molar-refractivity contribution in [2.45, 2.75) is 6.04 Å². The molecule has 0 amide bonds. The van der Waals surface area contributed by atoms with Crippen LogP contribution in [0, 0.1) is 25.6 Å². The van der Waals surface area contributed by atoms with Crippen LogP contribution in [0.15, 0.2) is 55.5 Å². The zero-order chi connectivity index (χ0) is 19.1. The van der Waals surface area contributed by atoms with Crippen LogP contribution in [0.2, 0.25) is 0 Å². The Bertz CT molecular complexity index is 846. The van der Waals surface area contributed by atoms with Crippen LogP contribution in [0.25, 0.3) is 12.2 Å². The summed E-state index contributed by atoms with van der Waals surface area (Å²) in [6.07, 6.45) is 5.79. The third-order valence-electron chi connectivity index (χ3n) is 2.80. The maximum Gasteiger partial charge on any atom is 0.433 e. The number of rotatable bonds is 7. The number of nitrogens with zero attached hydrogens (tertiary/aromatic N) is 4. The Morgan fingerprint density at radius 2 is 1.50 bits per heavy atom. The van der Waals surface area contributed by atoms with Crippen molar-refractivity contribution in [2.75, 3.05) is 0 Å². The molecule has 26 heavy (non-hydrogen) atoms. The lowest BCUT2D eigenvalue weighted by atomic mass is 10.2. The van der Waals surface area contributed by atoms with Crippen LogP contribution in [0.3, 0.4) is 0 Å². The molecule has 0 bridgehead atoms.